The first-order chi connectivity index (χ1) is 18.2. The molecule has 196 valence electrons. The van der Waals surface area contributed by atoms with Gasteiger partial charge in [-0.05, 0) is 19.1 Å². The first-order valence-corrected chi connectivity index (χ1v) is 13.2. The van der Waals surface area contributed by atoms with Gasteiger partial charge in [-0.2, -0.15) is 0 Å². The second-order valence-corrected chi connectivity index (χ2v) is 10.8. The Hall–Kier alpha value is -4.39. The number of sulfonamides is 1. The summed E-state index contributed by atoms with van der Waals surface area (Å²) in [6, 6.07) is 12.9. The van der Waals surface area contributed by atoms with Crippen LogP contribution in [0.1, 0.15) is 25.6 Å². The highest BCUT2D eigenvalue weighted by molar-refractivity contribution is 7.93. The fraction of sp³-hybridized carbons (Fsp3) is 0.240. The number of benzene rings is 1. The van der Waals surface area contributed by atoms with Crippen LogP contribution in [0.4, 0.5) is 10.3 Å². The second-order valence-electron chi connectivity index (χ2n) is 8.79. The van der Waals surface area contributed by atoms with E-state index >= 15 is 0 Å². The van der Waals surface area contributed by atoms with E-state index in [0.29, 0.717) is 23.1 Å². The number of hydrogen-bond acceptors (Lipinski definition) is 8. The molecule has 0 aliphatic heterocycles. The van der Waals surface area contributed by atoms with Gasteiger partial charge in [0.25, 0.3) is 0 Å². The standard InChI is InChI=1S/C25H25FN8O3S/c1-15(23-27-12-17(26)13-28-23)16(2)38(35,36)32-25-31-30-24(19-9-7-11-22(29-19)37-4)34(25)21-14-33(3)20-10-6-5-8-18(20)21/h5-16H,1-4H3,(H,31,32)/t15-,16-/m0/s1. The summed E-state index contributed by atoms with van der Waals surface area (Å²) in [6.45, 7) is 3.20. The fourth-order valence-corrected chi connectivity index (χ4v) is 5.38. The highest BCUT2D eigenvalue weighted by atomic mass is 32.2. The number of para-hydroxylation sites is 1. The van der Waals surface area contributed by atoms with Crippen molar-refractivity contribution < 1.29 is 17.5 Å². The molecule has 1 aromatic carbocycles. The lowest BCUT2D eigenvalue weighted by molar-refractivity contribution is 0.398. The van der Waals surface area contributed by atoms with Gasteiger partial charge in [0.2, 0.25) is 21.9 Å². The fourth-order valence-electron chi connectivity index (χ4n) is 4.15. The number of rotatable bonds is 8. The van der Waals surface area contributed by atoms with Crippen LogP contribution in [0.25, 0.3) is 28.1 Å². The van der Waals surface area contributed by atoms with E-state index in [1.165, 1.54) is 14.0 Å². The average molecular weight is 537 g/mol. The first-order valence-electron chi connectivity index (χ1n) is 11.7. The van der Waals surface area contributed by atoms with Gasteiger partial charge >= 0.3 is 0 Å². The molecular weight excluding hydrogens is 511 g/mol. The molecule has 0 bridgehead atoms. The summed E-state index contributed by atoms with van der Waals surface area (Å²) in [6.07, 6.45) is 3.89. The lowest BCUT2D eigenvalue weighted by Gasteiger charge is -2.20. The van der Waals surface area contributed by atoms with Crippen LogP contribution in [0.2, 0.25) is 0 Å². The van der Waals surface area contributed by atoms with E-state index in [9.17, 15) is 12.8 Å². The Morgan fingerprint density at radius 2 is 1.76 bits per heavy atom. The molecule has 0 unspecified atom stereocenters. The SMILES string of the molecule is COc1cccc(-c2nnc(NS(=O)(=O)[C@@H](C)[C@H](C)c3ncc(F)cn3)n2-c2cn(C)c3ccccc23)n1. The number of aromatic nitrogens is 7. The van der Waals surface area contributed by atoms with Gasteiger partial charge in [0, 0.05) is 36.1 Å². The number of methoxy groups -OCH3 is 1. The number of ether oxygens (including phenoxy) is 1. The third-order valence-corrected chi connectivity index (χ3v) is 8.27. The van der Waals surface area contributed by atoms with Crippen LogP contribution in [0.15, 0.2) is 61.1 Å². The lowest BCUT2D eigenvalue weighted by Crippen LogP contribution is -2.31. The summed E-state index contributed by atoms with van der Waals surface area (Å²) in [5, 5.41) is 8.39. The smallest absolute Gasteiger partial charge is 0.243 e. The van der Waals surface area contributed by atoms with Crippen molar-refractivity contribution in [2.24, 2.45) is 7.05 Å². The monoisotopic (exact) mass is 536 g/mol. The maximum Gasteiger partial charge on any atom is 0.243 e. The summed E-state index contributed by atoms with van der Waals surface area (Å²) in [5.41, 5.74) is 2.04. The van der Waals surface area contributed by atoms with Gasteiger partial charge in [0.15, 0.2) is 11.6 Å². The van der Waals surface area contributed by atoms with Crippen molar-refractivity contribution in [1.29, 1.82) is 0 Å². The molecule has 0 saturated heterocycles. The minimum atomic E-state index is -4.03. The van der Waals surface area contributed by atoms with Crippen molar-refractivity contribution in [1.82, 2.24) is 34.3 Å². The predicted molar refractivity (Wildman–Crippen MR) is 140 cm³/mol. The van der Waals surface area contributed by atoms with Crippen molar-refractivity contribution in [3.63, 3.8) is 0 Å². The molecule has 2 atom stereocenters. The third-order valence-electron chi connectivity index (χ3n) is 6.42. The maximum atomic E-state index is 13.5. The zero-order chi connectivity index (χ0) is 27.0. The molecule has 4 aromatic heterocycles. The van der Waals surface area contributed by atoms with E-state index < -0.39 is 27.0 Å². The van der Waals surface area contributed by atoms with Crippen molar-refractivity contribution >= 4 is 26.9 Å². The quantitative estimate of drug-likeness (QED) is 0.318. The zero-order valence-electron chi connectivity index (χ0n) is 21.1. The molecule has 13 heteroatoms. The number of nitrogens with one attached hydrogen (secondary N) is 1. The summed E-state index contributed by atoms with van der Waals surface area (Å²) >= 11 is 0. The van der Waals surface area contributed by atoms with Crippen LogP contribution in [-0.4, -0.2) is 55.1 Å². The minimum absolute atomic E-state index is 0.0138. The summed E-state index contributed by atoms with van der Waals surface area (Å²) in [4.78, 5) is 12.4. The van der Waals surface area contributed by atoms with E-state index in [2.05, 4.69) is 29.9 Å². The van der Waals surface area contributed by atoms with E-state index in [-0.39, 0.29) is 11.8 Å². The number of pyridine rings is 1. The lowest BCUT2D eigenvalue weighted by atomic mass is 10.1. The van der Waals surface area contributed by atoms with Crippen molar-refractivity contribution in [3.05, 3.63) is 72.7 Å². The normalized spacial score (nSPS) is 13.4. The van der Waals surface area contributed by atoms with Gasteiger partial charge in [-0.25, -0.2) is 27.8 Å². The van der Waals surface area contributed by atoms with E-state index in [0.717, 1.165) is 23.3 Å². The minimum Gasteiger partial charge on any atom is -0.481 e. The molecule has 0 aliphatic carbocycles. The maximum absolute atomic E-state index is 13.5. The number of hydrogen-bond donors (Lipinski definition) is 1. The van der Waals surface area contributed by atoms with Crippen LogP contribution in [0.3, 0.4) is 0 Å². The molecule has 5 aromatic rings. The predicted octanol–water partition coefficient (Wildman–Crippen LogP) is 3.69. The first kappa shape index (κ1) is 25.3. The number of halogens is 1. The Labute approximate surface area is 218 Å². The Morgan fingerprint density at radius 3 is 2.50 bits per heavy atom. The molecule has 11 nitrogen and oxygen atoms in total. The van der Waals surface area contributed by atoms with Gasteiger partial charge < -0.3 is 9.30 Å². The Balaban J connectivity index is 1.61. The molecule has 38 heavy (non-hydrogen) atoms. The van der Waals surface area contributed by atoms with Crippen molar-refractivity contribution in [3.8, 4) is 23.1 Å². The number of fused-ring (bicyclic) bond motifs is 1. The molecular formula is C25H25FN8O3S. The third kappa shape index (κ3) is 4.56. The van der Waals surface area contributed by atoms with Crippen molar-refractivity contribution in [2.75, 3.05) is 11.8 Å². The number of anilines is 1. The van der Waals surface area contributed by atoms with Crippen molar-refractivity contribution in [2.45, 2.75) is 25.0 Å². The summed E-state index contributed by atoms with van der Waals surface area (Å²) in [7, 11) is -0.621. The van der Waals surface area contributed by atoms with Gasteiger partial charge in [-0.1, -0.05) is 31.2 Å². The van der Waals surface area contributed by atoms with Crippen LogP contribution in [-0.2, 0) is 17.1 Å². The molecule has 0 spiro atoms. The van der Waals surface area contributed by atoms with Gasteiger partial charge in [-0.15, -0.1) is 10.2 Å². The largest absolute Gasteiger partial charge is 0.481 e. The highest BCUT2D eigenvalue weighted by Gasteiger charge is 2.32. The van der Waals surface area contributed by atoms with Crippen LogP contribution < -0.4 is 9.46 Å². The average Bonchev–Trinajstić information content (AvgIpc) is 3.48. The number of aryl methyl sites for hydroxylation is 1. The number of nitrogens with zero attached hydrogens (tertiary/aromatic N) is 7. The zero-order valence-corrected chi connectivity index (χ0v) is 21.9. The van der Waals surface area contributed by atoms with E-state index in [4.69, 9.17) is 4.74 Å². The van der Waals surface area contributed by atoms with Crippen LogP contribution >= 0.6 is 0 Å². The molecule has 4 heterocycles. The molecule has 1 N–H and O–H groups in total. The topological polar surface area (TPSA) is 130 Å². The second kappa shape index (κ2) is 9.82. The Bertz CT molecular complexity index is 1720. The van der Waals surface area contributed by atoms with E-state index in [1.807, 2.05) is 42.1 Å². The van der Waals surface area contributed by atoms with Crippen LogP contribution in [0.5, 0.6) is 5.88 Å². The van der Waals surface area contributed by atoms with Gasteiger partial charge in [0.05, 0.1) is 30.4 Å². The molecule has 0 radical (unpaired) electrons. The Kier molecular flexibility index (Phi) is 6.53. The Morgan fingerprint density at radius 1 is 1.03 bits per heavy atom. The molecule has 0 saturated carbocycles. The van der Waals surface area contributed by atoms with Gasteiger partial charge in [0.1, 0.15) is 11.5 Å². The molecule has 0 fully saturated rings. The summed E-state index contributed by atoms with van der Waals surface area (Å²) in [5.74, 6) is -0.349. The van der Waals surface area contributed by atoms with Gasteiger partial charge in [-0.3, -0.25) is 9.29 Å². The van der Waals surface area contributed by atoms with E-state index in [1.54, 1.807) is 29.7 Å². The molecule has 0 aliphatic rings. The molecule has 5 rings (SSSR count). The highest BCUT2D eigenvalue weighted by Crippen LogP contribution is 2.32. The molecule has 0 amide bonds. The van der Waals surface area contributed by atoms with Crippen LogP contribution in [0, 0.1) is 5.82 Å². The summed E-state index contributed by atoms with van der Waals surface area (Å²) < 4.78 is 51.8.